The van der Waals surface area contributed by atoms with Gasteiger partial charge in [0.05, 0.1) is 0 Å². The fourth-order valence-electron chi connectivity index (χ4n) is 1.92. The number of nitrogens with zero attached hydrogens (tertiary/aromatic N) is 2. The van der Waals surface area contributed by atoms with Crippen LogP contribution in [0.25, 0.3) is 0 Å². The maximum absolute atomic E-state index is 6.64. The van der Waals surface area contributed by atoms with E-state index in [4.69, 9.17) is 22.2 Å². The van der Waals surface area contributed by atoms with Gasteiger partial charge in [-0.05, 0) is 40.5 Å². The molecule has 0 aromatic heterocycles. The Kier molecular flexibility index (Phi) is 4.59. The van der Waals surface area contributed by atoms with Crippen molar-refractivity contribution < 1.29 is 0 Å². The largest absolute Gasteiger partial charge is 0.298 e. The van der Waals surface area contributed by atoms with Crippen LogP contribution in [0.5, 0.6) is 0 Å². The molecule has 0 N–H and O–H groups in total. The second-order valence-electron chi connectivity index (χ2n) is 5.77. The molecule has 1 aliphatic rings. The van der Waals surface area contributed by atoms with Crippen molar-refractivity contribution in [3.63, 3.8) is 0 Å². The van der Waals surface area contributed by atoms with Gasteiger partial charge >= 0.3 is 0 Å². The fourth-order valence-corrected chi connectivity index (χ4v) is 15.9. The summed E-state index contributed by atoms with van der Waals surface area (Å²) in [4.78, 5) is 0. The SMILES string of the molecule is CCC(C)(C)N1[SiH](Cl)N(C(C)(C)CC)[SiH]1Cl. The van der Waals surface area contributed by atoms with Crippen LogP contribution in [-0.2, 0) is 0 Å². The van der Waals surface area contributed by atoms with E-state index < -0.39 is 16.9 Å². The normalized spacial score (nSPS) is 29.2. The Morgan fingerprint density at radius 3 is 1.25 bits per heavy atom. The van der Waals surface area contributed by atoms with Crippen molar-refractivity contribution in [3.05, 3.63) is 0 Å². The van der Waals surface area contributed by atoms with E-state index in [2.05, 4.69) is 50.0 Å². The van der Waals surface area contributed by atoms with Crippen LogP contribution < -0.4 is 0 Å². The van der Waals surface area contributed by atoms with Gasteiger partial charge in [0.1, 0.15) is 0 Å². The van der Waals surface area contributed by atoms with Gasteiger partial charge < -0.3 is 0 Å². The molecule has 1 saturated heterocycles. The van der Waals surface area contributed by atoms with Crippen molar-refractivity contribution in [2.24, 2.45) is 0 Å². The lowest BCUT2D eigenvalue weighted by molar-refractivity contribution is 0.205. The van der Waals surface area contributed by atoms with Gasteiger partial charge in [-0.1, -0.05) is 13.8 Å². The summed E-state index contributed by atoms with van der Waals surface area (Å²) < 4.78 is 4.90. The minimum absolute atomic E-state index is 0.178. The van der Waals surface area contributed by atoms with E-state index in [9.17, 15) is 0 Å². The maximum atomic E-state index is 6.64. The Hall–Kier alpha value is 0.934. The first-order chi connectivity index (χ1) is 7.19. The van der Waals surface area contributed by atoms with Crippen molar-refractivity contribution in [2.75, 3.05) is 0 Å². The summed E-state index contributed by atoms with van der Waals surface area (Å²) in [6.07, 6.45) is 2.22. The zero-order chi connectivity index (χ0) is 12.7. The molecule has 0 aliphatic carbocycles. The highest BCUT2D eigenvalue weighted by Crippen LogP contribution is 2.40. The Morgan fingerprint density at radius 2 is 1.06 bits per heavy atom. The third kappa shape index (κ3) is 2.38. The van der Waals surface area contributed by atoms with Crippen LogP contribution in [0.3, 0.4) is 0 Å². The average Bonchev–Trinajstić information content (AvgIpc) is 2.16. The lowest BCUT2D eigenvalue weighted by Gasteiger charge is -2.62. The monoisotopic (exact) mass is 298 g/mol. The summed E-state index contributed by atoms with van der Waals surface area (Å²) in [5, 5.41) is 0. The molecule has 0 saturated carbocycles. The molecular formula is C10H24Cl2N2Si2. The van der Waals surface area contributed by atoms with Crippen molar-refractivity contribution in [2.45, 2.75) is 65.5 Å². The average molecular weight is 299 g/mol. The second-order valence-corrected chi connectivity index (χ2v) is 12.8. The number of rotatable bonds is 4. The lowest BCUT2D eigenvalue weighted by Crippen LogP contribution is -2.82. The van der Waals surface area contributed by atoms with Gasteiger partial charge in [0, 0.05) is 11.1 Å². The summed E-state index contributed by atoms with van der Waals surface area (Å²) in [7, 11) is -2.95. The van der Waals surface area contributed by atoms with Gasteiger partial charge in [-0.3, -0.25) is 8.46 Å². The highest BCUT2D eigenvalue weighted by atomic mass is 35.6. The van der Waals surface area contributed by atoms with Gasteiger partial charge in [0.15, 0.2) is 0 Å². The molecule has 0 aromatic carbocycles. The minimum atomic E-state index is -1.47. The summed E-state index contributed by atoms with van der Waals surface area (Å²) >= 11 is 13.3. The Labute approximate surface area is 113 Å². The van der Waals surface area contributed by atoms with Gasteiger partial charge in [0.2, 0.25) is 0 Å². The molecule has 6 heteroatoms. The van der Waals surface area contributed by atoms with Crippen molar-refractivity contribution in [1.82, 2.24) is 8.46 Å². The van der Waals surface area contributed by atoms with E-state index in [1.165, 1.54) is 0 Å². The van der Waals surface area contributed by atoms with E-state index in [1.807, 2.05) is 0 Å². The van der Waals surface area contributed by atoms with Crippen molar-refractivity contribution in [1.29, 1.82) is 0 Å². The number of hydrogen-bond acceptors (Lipinski definition) is 2. The van der Waals surface area contributed by atoms with E-state index in [-0.39, 0.29) is 11.1 Å². The number of halogens is 2. The molecule has 2 nitrogen and oxygen atoms in total. The zero-order valence-corrected chi connectivity index (χ0v) is 15.0. The molecule has 0 amide bonds. The third-order valence-corrected chi connectivity index (χ3v) is 16.9. The summed E-state index contributed by atoms with van der Waals surface area (Å²) in [5.41, 5.74) is 0.356. The predicted molar refractivity (Wildman–Crippen MR) is 78.4 cm³/mol. The molecule has 1 aliphatic heterocycles. The Balaban J connectivity index is 2.80. The van der Waals surface area contributed by atoms with Gasteiger partial charge in [-0.15, -0.1) is 22.2 Å². The van der Waals surface area contributed by atoms with Crippen molar-refractivity contribution in [3.8, 4) is 0 Å². The first-order valence-electron chi connectivity index (χ1n) is 6.04. The van der Waals surface area contributed by atoms with Crippen LogP contribution in [0.2, 0.25) is 0 Å². The Bertz CT molecular complexity index is 227. The number of hydrogen-bond donors (Lipinski definition) is 0. The maximum Gasteiger partial charge on any atom is 0.282 e. The van der Waals surface area contributed by atoms with Gasteiger partial charge in [-0.2, -0.15) is 0 Å². The van der Waals surface area contributed by atoms with Crippen LogP contribution in [0.4, 0.5) is 0 Å². The molecule has 96 valence electrons. The molecule has 0 bridgehead atoms. The second kappa shape index (κ2) is 4.90. The van der Waals surface area contributed by atoms with E-state index >= 15 is 0 Å². The first kappa shape index (κ1) is 15.0. The van der Waals surface area contributed by atoms with E-state index in [1.54, 1.807) is 0 Å². The van der Waals surface area contributed by atoms with Crippen molar-refractivity contribution >= 4 is 39.0 Å². The van der Waals surface area contributed by atoms with E-state index in [0.29, 0.717) is 0 Å². The standard InChI is InChI=1S/C10H24Cl2N2Si2/c1-7-9(3,4)13-15(11)14(16(13)12)10(5,6)8-2/h15-16H,7-8H2,1-6H3. The molecule has 0 radical (unpaired) electrons. The molecule has 1 heterocycles. The molecule has 0 spiro atoms. The molecule has 0 aromatic rings. The summed E-state index contributed by atoms with van der Waals surface area (Å²) in [6, 6.07) is 0. The van der Waals surface area contributed by atoms with Crippen LogP contribution in [0.15, 0.2) is 0 Å². The zero-order valence-electron chi connectivity index (χ0n) is 11.2. The molecule has 1 fully saturated rings. The van der Waals surface area contributed by atoms with Crippen LogP contribution in [-0.4, -0.2) is 36.4 Å². The highest BCUT2D eigenvalue weighted by molar-refractivity contribution is 7.25. The molecule has 1 rings (SSSR count). The summed E-state index contributed by atoms with van der Waals surface area (Å²) in [6.45, 7) is 13.5. The van der Waals surface area contributed by atoms with Crippen LogP contribution >= 0.6 is 22.2 Å². The Morgan fingerprint density at radius 1 is 0.812 bits per heavy atom. The smallest absolute Gasteiger partial charge is 0.282 e. The summed E-state index contributed by atoms with van der Waals surface area (Å²) in [5.74, 6) is 0. The quantitative estimate of drug-likeness (QED) is 0.582. The van der Waals surface area contributed by atoms with Crippen LogP contribution in [0, 0.1) is 0 Å². The first-order valence-corrected chi connectivity index (χ1v) is 11.6. The third-order valence-electron chi connectivity index (χ3n) is 4.05. The van der Waals surface area contributed by atoms with Gasteiger partial charge in [-0.25, -0.2) is 0 Å². The minimum Gasteiger partial charge on any atom is -0.298 e. The fraction of sp³-hybridized carbons (Fsp3) is 1.00. The predicted octanol–water partition coefficient (Wildman–Crippen LogP) is 2.89. The topological polar surface area (TPSA) is 6.48 Å². The van der Waals surface area contributed by atoms with Gasteiger partial charge in [0.25, 0.3) is 16.9 Å². The van der Waals surface area contributed by atoms with E-state index in [0.717, 1.165) is 12.8 Å². The molecule has 0 atom stereocenters. The highest BCUT2D eigenvalue weighted by Gasteiger charge is 2.56. The molecule has 0 unspecified atom stereocenters. The molecule has 16 heavy (non-hydrogen) atoms. The van der Waals surface area contributed by atoms with Crippen LogP contribution in [0.1, 0.15) is 54.4 Å². The lowest BCUT2D eigenvalue weighted by atomic mass is 10.0. The molecular weight excluding hydrogens is 275 g/mol.